The molecule has 17 heavy (non-hydrogen) atoms. The molecule has 1 saturated heterocycles. The van der Waals surface area contributed by atoms with Crippen molar-refractivity contribution in [1.29, 1.82) is 0 Å². The van der Waals surface area contributed by atoms with Crippen LogP contribution in [0.25, 0.3) is 0 Å². The summed E-state index contributed by atoms with van der Waals surface area (Å²) in [4.78, 5) is 2.33. The van der Waals surface area contributed by atoms with E-state index in [1.165, 1.54) is 0 Å². The maximum Gasteiger partial charge on any atom is 0.391 e. The fraction of sp³-hybridized carbons (Fsp3) is 1.00. The second kappa shape index (κ2) is 4.76. The molecule has 0 atom stereocenters. The van der Waals surface area contributed by atoms with Crippen molar-refractivity contribution in [2.24, 2.45) is 11.7 Å². The minimum absolute atomic E-state index is 0.141. The topological polar surface area (TPSA) is 29.3 Å². The van der Waals surface area contributed by atoms with Gasteiger partial charge in [0, 0.05) is 12.1 Å². The first-order valence-corrected chi connectivity index (χ1v) is 6.50. The lowest BCUT2D eigenvalue weighted by atomic mass is 9.75. The molecule has 5 heteroatoms. The second-order valence-corrected chi connectivity index (χ2v) is 5.44. The van der Waals surface area contributed by atoms with E-state index in [1.54, 1.807) is 0 Å². The van der Waals surface area contributed by atoms with Gasteiger partial charge in [-0.05, 0) is 51.6 Å². The van der Waals surface area contributed by atoms with Gasteiger partial charge in [0.2, 0.25) is 0 Å². The zero-order valence-electron chi connectivity index (χ0n) is 10.1. The Morgan fingerprint density at radius 1 is 1.12 bits per heavy atom. The van der Waals surface area contributed by atoms with Crippen LogP contribution in [0.1, 0.15) is 38.5 Å². The first kappa shape index (κ1) is 13.1. The zero-order chi connectivity index (χ0) is 12.5. The van der Waals surface area contributed by atoms with Crippen molar-refractivity contribution in [1.82, 2.24) is 4.90 Å². The van der Waals surface area contributed by atoms with E-state index in [0.29, 0.717) is 19.4 Å². The average molecular weight is 250 g/mol. The number of alkyl halides is 3. The molecule has 1 aliphatic carbocycles. The molecule has 100 valence electrons. The van der Waals surface area contributed by atoms with Crippen molar-refractivity contribution in [3.63, 3.8) is 0 Å². The van der Waals surface area contributed by atoms with Crippen LogP contribution in [0, 0.1) is 5.92 Å². The van der Waals surface area contributed by atoms with Crippen LogP contribution in [0.5, 0.6) is 0 Å². The van der Waals surface area contributed by atoms with Gasteiger partial charge in [0.05, 0.1) is 5.92 Å². The van der Waals surface area contributed by atoms with Gasteiger partial charge in [0.25, 0.3) is 0 Å². The first-order valence-electron chi connectivity index (χ1n) is 6.50. The molecule has 2 aliphatic rings. The molecule has 2 fully saturated rings. The molecule has 2 nitrogen and oxygen atoms in total. The van der Waals surface area contributed by atoms with Crippen molar-refractivity contribution >= 4 is 0 Å². The fourth-order valence-corrected chi connectivity index (χ4v) is 3.32. The highest BCUT2D eigenvalue weighted by Gasteiger charge is 2.47. The molecule has 2 N–H and O–H groups in total. The molecule has 0 aromatic carbocycles. The summed E-state index contributed by atoms with van der Waals surface area (Å²) in [5.74, 6) is -1.11. The van der Waals surface area contributed by atoms with Crippen LogP contribution in [0.3, 0.4) is 0 Å². The molecule has 0 aromatic heterocycles. The highest BCUT2D eigenvalue weighted by atomic mass is 19.4. The summed E-state index contributed by atoms with van der Waals surface area (Å²) < 4.78 is 37.9. The van der Waals surface area contributed by atoms with Gasteiger partial charge >= 0.3 is 6.18 Å². The third-order valence-electron chi connectivity index (χ3n) is 4.54. The van der Waals surface area contributed by atoms with E-state index in [2.05, 4.69) is 4.90 Å². The van der Waals surface area contributed by atoms with E-state index in [-0.39, 0.29) is 18.4 Å². The van der Waals surface area contributed by atoms with Crippen LogP contribution in [-0.2, 0) is 0 Å². The number of halogens is 3. The molecule has 1 saturated carbocycles. The van der Waals surface area contributed by atoms with Gasteiger partial charge in [-0.25, -0.2) is 0 Å². The van der Waals surface area contributed by atoms with E-state index in [1.807, 2.05) is 0 Å². The van der Waals surface area contributed by atoms with E-state index >= 15 is 0 Å². The maximum absolute atomic E-state index is 12.6. The Hall–Kier alpha value is -0.290. The molecule has 0 amide bonds. The Balaban J connectivity index is 1.99. The van der Waals surface area contributed by atoms with Crippen LogP contribution in [0.15, 0.2) is 0 Å². The molecular formula is C12H21F3N2. The minimum Gasteiger partial charge on any atom is -0.329 e. The molecule has 0 spiro atoms. The van der Waals surface area contributed by atoms with E-state index in [4.69, 9.17) is 5.73 Å². The number of nitrogens with zero attached hydrogens (tertiary/aromatic N) is 1. The second-order valence-electron chi connectivity index (χ2n) is 5.44. The van der Waals surface area contributed by atoms with Crippen LogP contribution in [0.2, 0.25) is 0 Å². The molecular weight excluding hydrogens is 229 g/mol. The Kier molecular flexibility index (Phi) is 3.69. The molecule has 0 aromatic rings. The maximum atomic E-state index is 12.6. The van der Waals surface area contributed by atoms with E-state index in [9.17, 15) is 13.2 Å². The monoisotopic (exact) mass is 250 g/mol. The van der Waals surface area contributed by atoms with E-state index in [0.717, 1.165) is 25.9 Å². The lowest BCUT2D eigenvalue weighted by Gasteiger charge is -2.46. The molecule has 1 aliphatic heterocycles. The van der Waals surface area contributed by atoms with Crippen molar-refractivity contribution in [2.75, 3.05) is 19.6 Å². The van der Waals surface area contributed by atoms with Gasteiger partial charge in [-0.15, -0.1) is 0 Å². The smallest absolute Gasteiger partial charge is 0.329 e. The predicted octanol–water partition coefficient (Wildman–Crippen LogP) is 2.53. The quantitative estimate of drug-likeness (QED) is 0.816. The summed E-state index contributed by atoms with van der Waals surface area (Å²) in [6.45, 7) is 2.51. The van der Waals surface area contributed by atoms with Crippen molar-refractivity contribution in [3.05, 3.63) is 0 Å². The first-order chi connectivity index (χ1) is 7.98. The van der Waals surface area contributed by atoms with E-state index < -0.39 is 12.1 Å². The molecule has 2 rings (SSSR count). The number of likely N-dealkylation sites (tertiary alicyclic amines) is 1. The highest BCUT2D eigenvalue weighted by molar-refractivity contribution is 4.98. The largest absolute Gasteiger partial charge is 0.391 e. The Labute approximate surface area is 100 Å². The summed E-state index contributed by atoms with van der Waals surface area (Å²) in [6, 6.07) is 0. The average Bonchev–Trinajstić information content (AvgIpc) is 2.82. The SMILES string of the molecule is NCC1(N2CCCC2)CCC(C(F)(F)F)CC1. The molecule has 0 unspecified atom stereocenters. The minimum atomic E-state index is -4.02. The van der Waals surface area contributed by atoms with Crippen LogP contribution in [0.4, 0.5) is 13.2 Å². The standard InChI is InChI=1S/C12H21F3N2/c13-12(14,15)10-3-5-11(9-16,6-4-10)17-7-1-2-8-17/h10H,1-9,16H2. The summed E-state index contributed by atoms with van der Waals surface area (Å²) in [5, 5.41) is 0. The number of hydrogen-bond acceptors (Lipinski definition) is 2. The normalized spacial score (nSPS) is 36.4. The van der Waals surface area contributed by atoms with Crippen molar-refractivity contribution in [2.45, 2.75) is 50.2 Å². The zero-order valence-corrected chi connectivity index (χ0v) is 10.1. The molecule has 0 radical (unpaired) electrons. The van der Waals surface area contributed by atoms with Gasteiger partial charge in [-0.2, -0.15) is 13.2 Å². The summed E-state index contributed by atoms with van der Waals surface area (Å²) in [5.41, 5.74) is 5.71. The van der Waals surface area contributed by atoms with Gasteiger partial charge in [-0.1, -0.05) is 0 Å². The van der Waals surface area contributed by atoms with Gasteiger partial charge in [0.1, 0.15) is 0 Å². The Morgan fingerprint density at radius 2 is 1.65 bits per heavy atom. The highest BCUT2D eigenvalue weighted by Crippen LogP contribution is 2.43. The van der Waals surface area contributed by atoms with Gasteiger partial charge in [-0.3, -0.25) is 4.90 Å². The van der Waals surface area contributed by atoms with Crippen molar-refractivity contribution in [3.8, 4) is 0 Å². The number of nitrogens with two attached hydrogens (primary N) is 1. The Bertz CT molecular complexity index is 251. The summed E-state index contributed by atoms with van der Waals surface area (Å²) in [7, 11) is 0. The van der Waals surface area contributed by atoms with Gasteiger partial charge < -0.3 is 5.73 Å². The lowest BCUT2D eigenvalue weighted by Crippen LogP contribution is -2.55. The third kappa shape index (κ3) is 2.60. The Morgan fingerprint density at radius 3 is 2.06 bits per heavy atom. The fourth-order valence-electron chi connectivity index (χ4n) is 3.32. The predicted molar refractivity (Wildman–Crippen MR) is 60.6 cm³/mol. The summed E-state index contributed by atoms with van der Waals surface area (Å²) >= 11 is 0. The number of rotatable bonds is 2. The van der Waals surface area contributed by atoms with Crippen LogP contribution < -0.4 is 5.73 Å². The molecule has 1 heterocycles. The summed E-state index contributed by atoms with van der Waals surface area (Å²) in [6.07, 6.45) is -0.00355. The van der Waals surface area contributed by atoms with Crippen molar-refractivity contribution < 1.29 is 13.2 Å². The van der Waals surface area contributed by atoms with Crippen LogP contribution >= 0.6 is 0 Å². The van der Waals surface area contributed by atoms with Crippen LogP contribution in [-0.4, -0.2) is 36.2 Å². The van der Waals surface area contributed by atoms with Gasteiger partial charge in [0.15, 0.2) is 0 Å². The molecule has 0 bridgehead atoms. The third-order valence-corrected chi connectivity index (χ3v) is 4.54. The lowest BCUT2D eigenvalue weighted by molar-refractivity contribution is -0.188. The number of hydrogen-bond donors (Lipinski definition) is 1.